The summed E-state index contributed by atoms with van der Waals surface area (Å²) >= 11 is 0. The van der Waals surface area contributed by atoms with E-state index in [9.17, 15) is 0 Å². The molecule has 1 fully saturated rings. The Balaban J connectivity index is 1.27. The minimum Gasteiger partial charge on any atom is -0.0992 e. The number of aryl methyl sites for hydroxylation is 3. The van der Waals surface area contributed by atoms with E-state index < -0.39 is 0 Å². The van der Waals surface area contributed by atoms with Crippen LogP contribution >= 0.6 is 0 Å². The summed E-state index contributed by atoms with van der Waals surface area (Å²) in [6.45, 7) is 13.8. The van der Waals surface area contributed by atoms with Gasteiger partial charge in [0.2, 0.25) is 0 Å². The lowest BCUT2D eigenvalue weighted by atomic mass is 9.84. The molecule has 0 spiro atoms. The largest absolute Gasteiger partial charge is 0.0992 e. The van der Waals surface area contributed by atoms with Crippen LogP contribution in [0.4, 0.5) is 0 Å². The molecule has 1 saturated carbocycles. The highest BCUT2D eigenvalue weighted by atomic mass is 14.4. The lowest BCUT2D eigenvalue weighted by Crippen LogP contribution is -2.08. The van der Waals surface area contributed by atoms with Crippen LogP contribution in [0.1, 0.15) is 85.8 Å². The van der Waals surface area contributed by atoms with Gasteiger partial charge in [-0.15, -0.1) is 0 Å². The average molecular weight is 449 g/mol. The summed E-state index contributed by atoms with van der Waals surface area (Å²) < 4.78 is 0. The molecule has 3 aliphatic rings. The Labute approximate surface area is 207 Å². The van der Waals surface area contributed by atoms with Crippen molar-refractivity contribution in [2.75, 3.05) is 0 Å². The Kier molecular flexibility index (Phi) is 6.52. The first-order chi connectivity index (χ1) is 16.5. The van der Waals surface area contributed by atoms with Crippen LogP contribution in [0.15, 0.2) is 77.4 Å². The van der Waals surface area contributed by atoms with Gasteiger partial charge in [-0.25, -0.2) is 0 Å². The van der Waals surface area contributed by atoms with E-state index in [-0.39, 0.29) is 0 Å². The van der Waals surface area contributed by atoms with Gasteiger partial charge in [-0.1, -0.05) is 93.1 Å². The molecule has 176 valence electrons. The normalized spacial score (nSPS) is 23.5. The van der Waals surface area contributed by atoms with E-state index in [0.29, 0.717) is 17.8 Å². The third-order valence-electron chi connectivity index (χ3n) is 8.68. The second-order valence-electron chi connectivity index (χ2n) is 11.0. The van der Waals surface area contributed by atoms with Crippen molar-refractivity contribution in [1.29, 1.82) is 0 Å². The molecule has 0 amide bonds. The molecule has 0 N–H and O–H groups in total. The van der Waals surface area contributed by atoms with E-state index >= 15 is 0 Å². The van der Waals surface area contributed by atoms with Gasteiger partial charge < -0.3 is 0 Å². The van der Waals surface area contributed by atoms with Crippen LogP contribution in [-0.4, -0.2) is 0 Å². The van der Waals surface area contributed by atoms with Crippen molar-refractivity contribution in [2.24, 2.45) is 11.8 Å². The number of hydrogen-bond donors (Lipinski definition) is 0. The molecule has 3 aliphatic carbocycles. The van der Waals surface area contributed by atoms with Gasteiger partial charge in [0.05, 0.1) is 0 Å². The standard InChI is InChI=1S/C34H40/c1-6-25-17-30-19-32(20-31(30)18-26(25)7-2)33-10-8-9-28(33)15-23(4)34-21-29(16-24(34)5)27-13-11-22(3)12-14-27/h9-14,17-19,24,29,34H,4,6-8,15-16,20-21H2,1-3,5H3. The predicted molar refractivity (Wildman–Crippen MR) is 147 cm³/mol. The first-order valence-electron chi connectivity index (χ1n) is 13.5. The summed E-state index contributed by atoms with van der Waals surface area (Å²) in [5, 5.41) is 0. The van der Waals surface area contributed by atoms with E-state index in [1.807, 2.05) is 0 Å². The van der Waals surface area contributed by atoms with Crippen LogP contribution in [0.5, 0.6) is 0 Å². The van der Waals surface area contributed by atoms with Crippen LogP contribution in [0.3, 0.4) is 0 Å². The number of fused-ring (bicyclic) bond motifs is 1. The molecule has 34 heavy (non-hydrogen) atoms. The van der Waals surface area contributed by atoms with Crippen molar-refractivity contribution in [3.8, 4) is 0 Å². The van der Waals surface area contributed by atoms with Crippen LogP contribution in [-0.2, 0) is 19.3 Å². The molecule has 3 atom stereocenters. The maximum atomic E-state index is 4.65. The Morgan fingerprint density at radius 2 is 1.71 bits per heavy atom. The van der Waals surface area contributed by atoms with E-state index in [4.69, 9.17) is 0 Å². The van der Waals surface area contributed by atoms with E-state index in [2.05, 4.69) is 88.9 Å². The summed E-state index contributed by atoms with van der Waals surface area (Å²) in [5.74, 6) is 2.02. The molecule has 0 aromatic heterocycles. The van der Waals surface area contributed by atoms with Crippen LogP contribution in [0.25, 0.3) is 6.08 Å². The molecule has 0 aliphatic heterocycles. The second-order valence-corrected chi connectivity index (χ2v) is 11.0. The molecule has 5 rings (SSSR count). The van der Waals surface area contributed by atoms with Crippen LogP contribution in [0.2, 0.25) is 0 Å². The number of rotatable bonds is 7. The Hall–Kier alpha value is -2.60. The quantitative estimate of drug-likeness (QED) is 0.370. The monoisotopic (exact) mass is 448 g/mol. The average Bonchev–Trinajstić information content (AvgIpc) is 3.56. The second kappa shape index (κ2) is 9.57. The maximum absolute atomic E-state index is 4.65. The van der Waals surface area contributed by atoms with Crippen LogP contribution in [0, 0.1) is 18.8 Å². The number of hydrogen-bond acceptors (Lipinski definition) is 0. The van der Waals surface area contributed by atoms with Gasteiger partial charge >= 0.3 is 0 Å². The lowest BCUT2D eigenvalue weighted by Gasteiger charge is -2.20. The van der Waals surface area contributed by atoms with Crippen molar-refractivity contribution in [3.63, 3.8) is 0 Å². The zero-order chi connectivity index (χ0) is 23.8. The van der Waals surface area contributed by atoms with Gasteiger partial charge in [-0.3, -0.25) is 0 Å². The van der Waals surface area contributed by atoms with Crippen molar-refractivity contribution < 1.29 is 0 Å². The number of benzene rings is 2. The zero-order valence-corrected chi connectivity index (χ0v) is 21.6. The zero-order valence-electron chi connectivity index (χ0n) is 21.6. The van der Waals surface area contributed by atoms with Crippen molar-refractivity contribution in [2.45, 2.75) is 78.6 Å². The predicted octanol–water partition coefficient (Wildman–Crippen LogP) is 9.09. The molecule has 3 unspecified atom stereocenters. The Morgan fingerprint density at radius 3 is 2.44 bits per heavy atom. The summed E-state index contributed by atoms with van der Waals surface area (Å²) in [5.41, 5.74) is 14.8. The smallest absolute Gasteiger partial charge is 0.00136 e. The Morgan fingerprint density at radius 1 is 0.971 bits per heavy atom. The van der Waals surface area contributed by atoms with Gasteiger partial charge in [-0.2, -0.15) is 0 Å². The van der Waals surface area contributed by atoms with Gasteiger partial charge in [0.15, 0.2) is 0 Å². The van der Waals surface area contributed by atoms with Crippen molar-refractivity contribution in [3.05, 3.63) is 111 Å². The molecular weight excluding hydrogens is 408 g/mol. The first-order valence-corrected chi connectivity index (χ1v) is 13.5. The number of allylic oxidation sites excluding steroid dienone is 6. The molecule has 2 aromatic carbocycles. The third-order valence-corrected chi connectivity index (χ3v) is 8.68. The third kappa shape index (κ3) is 4.40. The highest BCUT2D eigenvalue weighted by Gasteiger charge is 2.34. The highest BCUT2D eigenvalue weighted by Crippen LogP contribution is 2.47. The maximum Gasteiger partial charge on any atom is -0.00136 e. The van der Waals surface area contributed by atoms with Gasteiger partial charge in [0, 0.05) is 0 Å². The molecule has 0 nitrogen and oxygen atoms in total. The summed E-state index contributed by atoms with van der Waals surface area (Å²) in [4.78, 5) is 0. The molecule has 0 heterocycles. The molecule has 2 aromatic rings. The fourth-order valence-electron chi connectivity index (χ4n) is 6.69. The van der Waals surface area contributed by atoms with Crippen molar-refractivity contribution >= 4 is 6.08 Å². The summed E-state index contributed by atoms with van der Waals surface area (Å²) in [6.07, 6.45) is 15.3. The fraction of sp³-hybridized carbons (Fsp3) is 0.412. The van der Waals surface area contributed by atoms with E-state index in [1.165, 1.54) is 68.5 Å². The summed E-state index contributed by atoms with van der Waals surface area (Å²) in [7, 11) is 0. The first kappa shape index (κ1) is 23.2. The van der Waals surface area contributed by atoms with Crippen LogP contribution < -0.4 is 0 Å². The van der Waals surface area contributed by atoms with E-state index in [1.54, 1.807) is 0 Å². The van der Waals surface area contributed by atoms with Gasteiger partial charge in [-0.05, 0) is 114 Å². The molecule has 0 radical (unpaired) electrons. The van der Waals surface area contributed by atoms with Gasteiger partial charge in [0.1, 0.15) is 0 Å². The lowest BCUT2D eigenvalue weighted by molar-refractivity contribution is 0.474. The molecular formula is C34H40. The molecule has 0 heteroatoms. The minimum absolute atomic E-state index is 0.628. The fourth-order valence-corrected chi connectivity index (χ4v) is 6.69. The summed E-state index contributed by atoms with van der Waals surface area (Å²) in [6, 6.07) is 14.1. The molecule has 0 bridgehead atoms. The molecule has 0 saturated heterocycles. The highest BCUT2D eigenvalue weighted by molar-refractivity contribution is 5.73. The Bertz CT molecular complexity index is 1180. The SMILES string of the molecule is C=C(CC1=CCC=C1C1=Cc2cc(CC)c(CC)cc2C1)C1CC(c2ccc(C)cc2)CC1C. The minimum atomic E-state index is 0.628. The topological polar surface area (TPSA) is 0 Å². The van der Waals surface area contributed by atoms with Crippen molar-refractivity contribution in [1.82, 2.24) is 0 Å². The van der Waals surface area contributed by atoms with E-state index in [0.717, 1.165) is 32.1 Å². The van der Waals surface area contributed by atoms with Gasteiger partial charge in [0.25, 0.3) is 0 Å².